The van der Waals surface area contributed by atoms with Gasteiger partial charge in [0.1, 0.15) is 5.75 Å². The van der Waals surface area contributed by atoms with Gasteiger partial charge in [0.15, 0.2) is 0 Å². The molecule has 0 aliphatic carbocycles. The summed E-state index contributed by atoms with van der Waals surface area (Å²) in [5, 5.41) is 8.59. The second-order valence-corrected chi connectivity index (χ2v) is 3.94. The summed E-state index contributed by atoms with van der Waals surface area (Å²) in [5.41, 5.74) is 0.938. The molecule has 1 atom stereocenters. The highest BCUT2D eigenvalue weighted by molar-refractivity contribution is 9.09. The third-order valence-corrected chi connectivity index (χ3v) is 2.68. The first kappa shape index (κ1) is 11.0. The summed E-state index contributed by atoms with van der Waals surface area (Å²) in [7, 11) is 1.60. The molecule has 1 aromatic rings. The molecule has 0 aromatic heterocycles. The van der Waals surface area contributed by atoms with Crippen LogP contribution in [0.2, 0.25) is 0 Å². The molecule has 0 saturated carbocycles. The second-order valence-electron chi connectivity index (χ2n) is 2.84. The Morgan fingerprint density at radius 1 is 1.50 bits per heavy atom. The largest absolute Gasteiger partial charge is 0.497 e. The van der Waals surface area contributed by atoms with Crippen LogP contribution in [0.5, 0.6) is 5.75 Å². The lowest BCUT2D eigenvalue weighted by Gasteiger charge is -2.07. The number of hydrogen-bond donors (Lipinski definition) is 1. The third-order valence-electron chi connectivity index (χ3n) is 1.83. The van der Waals surface area contributed by atoms with E-state index in [0.717, 1.165) is 11.3 Å². The average Bonchev–Trinajstić information content (AvgIpc) is 2.17. The van der Waals surface area contributed by atoms with Crippen LogP contribution in [-0.4, -0.2) is 18.2 Å². The quantitative estimate of drug-likeness (QED) is 0.845. The summed E-state index contributed by atoms with van der Waals surface area (Å²) >= 11 is 3.31. The second kappa shape index (κ2) is 5.00. The van der Waals surface area contributed by atoms with E-state index < -0.39 is 5.97 Å². The van der Waals surface area contributed by atoms with Crippen molar-refractivity contribution in [3.05, 3.63) is 29.8 Å². The lowest BCUT2D eigenvalue weighted by Crippen LogP contribution is -2.00. The molecule has 14 heavy (non-hydrogen) atoms. The smallest absolute Gasteiger partial charge is 0.304 e. The minimum Gasteiger partial charge on any atom is -0.497 e. The molecule has 76 valence electrons. The molecule has 0 saturated heterocycles. The highest BCUT2D eigenvalue weighted by Crippen LogP contribution is 2.27. The number of carbonyl (C=O) groups is 1. The van der Waals surface area contributed by atoms with E-state index in [4.69, 9.17) is 9.84 Å². The monoisotopic (exact) mass is 258 g/mol. The fourth-order valence-electron chi connectivity index (χ4n) is 1.08. The first-order valence-electron chi connectivity index (χ1n) is 4.13. The van der Waals surface area contributed by atoms with Crippen LogP contribution >= 0.6 is 15.9 Å². The summed E-state index contributed by atoms with van der Waals surface area (Å²) in [6.45, 7) is 0. The van der Waals surface area contributed by atoms with Crippen LogP contribution in [0.3, 0.4) is 0 Å². The maximum atomic E-state index is 10.5. The number of rotatable bonds is 4. The van der Waals surface area contributed by atoms with Crippen LogP contribution < -0.4 is 4.74 Å². The van der Waals surface area contributed by atoms with Crippen LogP contribution in [0, 0.1) is 0 Å². The molecule has 0 aliphatic heterocycles. The zero-order valence-corrected chi connectivity index (χ0v) is 9.32. The maximum absolute atomic E-state index is 10.5. The van der Waals surface area contributed by atoms with Crippen molar-refractivity contribution in [2.24, 2.45) is 0 Å². The van der Waals surface area contributed by atoms with Crippen molar-refractivity contribution in [3.63, 3.8) is 0 Å². The average molecular weight is 259 g/mol. The van der Waals surface area contributed by atoms with E-state index in [1.165, 1.54) is 0 Å². The Hall–Kier alpha value is -1.03. The molecule has 4 heteroatoms. The maximum Gasteiger partial charge on any atom is 0.304 e. The third kappa shape index (κ3) is 3.03. The van der Waals surface area contributed by atoms with Gasteiger partial charge in [-0.15, -0.1) is 0 Å². The van der Waals surface area contributed by atoms with Crippen LogP contribution in [0.1, 0.15) is 16.8 Å². The zero-order chi connectivity index (χ0) is 10.6. The number of hydrogen-bond acceptors (Lipinski definition) is 2. The normalized spacial score (nSPS) is 12.1. The predicted molar refractivity (Wildman–Crippen MR) is 56.9 cm³/mol. The van der Waals surface area contributed by atoms with Crippen molar-refractivity contribution < 1.29 is 14.6 Å². The molecule has 1 rings (SSSR count). The van der Waals surface area contributed by atoms with E-state index in [2.05, 4.69) is 15.9 Å². The Kier molecular flexibility index (Phi) is 3.95. The van der Waals surface area contributed by atoms with E-state index in [-0.39, 0.29) is 11.2 Å². The lowest BCUT2D eigenvalue weighted by atomic mass is 10.1. The molecular weight excluding hydrogens is 248 g/mol. The minimum absolute atomic E-state index is 0.0757. The van der Waals surface area contributed by atoms with E-state index in [9.17, 15) is 4.79 Å². The summed E-state index contributed by atoms with van der Waals surface area (Å²) < 4.78 is 5.00. The minimum atomic E-state index is -0.817. The lowest BCUT2D eigenvalue weighted by molar-refractivity contribution is -0.136. The van der Waals surface area contributed by atoms with Crippen molar-refractivity contribution in [2.75, 3.05) is 7.11 Å². The number of ether oxygens (including phenoxy) is 1. The first-order valence-corrected chi connectivity index (χ1v) is 5.05. The van der Waals surface area contributed by atoms with Crippen molar-refractivity contribution in [3.8, 4) is 5.75 Å². The van der Waals surface area contributed by atoms with Crippen LogP contribution in [0.25, 0.3) is 0 Å². The number of aliphatic carboxylic acids is 1. The molecule has 3 nitrogen and oxygen atoms in total. The number of benzene rings is 1. The van der Waals surface area contributed by atoms with E-state index in [1.54, 1.807) is 7.11 Å². The van der Waals surface area contributed by atoms with Gasteiger partial charge >= 0.3 is 5.97 Å². The number of alkyl halides is 1. The molecule has 0 heterocycles. The van der Waals surface area contributed by atoms with Gasteiger partial charge in [0.05, 0.1) is 13.5 Å². The SMILES string of the molecule is COc1ccc(C(Br)CC(=O)O)cc1. The number of carboxylic acid groups (broad SMARTS) is 1. The fourth-order valence-corrected chi connectivity index (χ4v) is 1.67. The van der Waals surface area contributed by atoms with Crippen molar-refractivity contribution >= 4 is 21.9 Å². The summed E-state index contributed by atoms with van der Waals surface area (Å²) in [6, 6.07) is 7.32. The van der Waals surface area contributed by atoms with E-state index in [0.29, 0.717) is 0 Å². The van der Waals surface area contributed by atoms with Crippen molar-refractivity contribution in [1.29, 1.82) is 0 Å². The molecule has 0 spiro atoms. The summed E-state index contributed by atoms with van der Waals surface area (Å²) in [4.78, 5) is 10.3. The first-order chi connectivity index (χ1) is 6.63. The van der Waals surface area contributed by atoms with Gasteiger partial charge in [-0.05, 0) is 17.7 Å². The van der Waals surface area contributed by atoms with Crippen LogP contribution in [0.4, 0.5) is 0 Å². The van der Waals surface area contributed by atoms with Crippen molar-refractivity contribution in [1.82, 2.24) is 0 Å². The Balaban J connectivity index is 2.71. The van der Waals surface area contributed by atoms with Gasteiger partial charge in [-0.3, -0.25) is 4.79 Å². The standard InChI is InChI=1S/C10H11BrO3/c1-14-8-4-2-7(3-5-8)9(11)6-10(12)13/h2-5,9H,6H2,1H3,(H,12,13). The molecule has 0 amide bonds. The summed E-state index contributed by atoms with van der Waals surface area (Å²) in [6.07, 6.45) is 0.0757. The topological polar surface area (TPSA) is 46.5 Å². The molecule has 1 aromatic carbocycles. The van der Waals surface area contributed by atoms with E-state index >= 15 is 0 Å². The number of carboxylic acids is 1. The molecule has 0 fully saturated rings. The molecule has 1 unspecified atom stereocenters. The van der Waals surface area contributed by atoms with Gasteiger partial charge in [-0.2, -0.15) is 0 Å². The molecular formula is C10H11BrO3. The zero-order valence-electron chi connectivity index (χ0n) is 7.74. The van der Waals surface area contributed by atoms with Gasteiger partial charge < -0.3 is 9.84 Å². The molecule has 1 N–H and O–H groups in total. The Morgan fingerprint density at radius 2 is 2.07 bits per heavy atom. The van der Waals surface area contributed by atoms with E-state index in [1.807, 2.05) is 24.3 Å². The van der Waals surface area contributed by atoms with Crippen LogP contribution in [-0.2, 0) is 4.79 Å². The predicted octanol–water partition coefficient (Wildman–Crippen LogP) is 2.61. The van der Waals surface area contributed by atoms with Crippen LogP contribution in [0.15, 0.2) is 24.3 Å². The molecule has 0 aliphatic rings. The fraction of sp³-hybridized carbons (Fsp3) is 0.300. The Bertz CT molecular complexity index is 308. The van der Waals surface area contributed by atoms with Crippen molar-refractivity contribution in [2.45, 2.75) is 11.2 Å². The number of methoxy groups -OCH3 is 1. The van der Waals surface area contributed by atoms with Gasteiger partial charge in [0, 0.05) is 4.83 Å². The molecule has 0 bridgehead atoms. The summed E-state index contributed by atoms with van der Waals surface area (Å²) in [5.74, 6) is -0.0496. The van der Waals surface area contributed by atoms with Gasteiger partial charge in [0.25, 0.3) is 0 Å². The molecule has 0 radical (unpaired) electrons. The van der Waals surface area contributed by atoms with Gasteiger partial charge in [-0.1, -0.05) is 28.1 Å². The van der Waals surface area contributed by atoms with Gasteiger partial charge in [0.2, 0.25) is 0 Å². The highest BCUT2D eigenvalue weighted by atomic mass is 79.9. The Morgan fingerprint density at radius 3 is 2.50 bits per heavy atom. The Labute approximate surface area is 90.8 Å². The highest BCUT2D eigenvalue weighted by Gasteiger charge is 2.11. The van der Waals surface area contributed by atoms with Gasteiger partial charge in [-0.25, -0.2) is 0 Å². The number of halogens is 1.